The van der Waals surface area contributed by atoms with Gasteiger partial charge in [-0.2, -0.15) is 0 Å². The minimum absolute atomic E-state index is 0.677. The van der Waals surface area contributed by atoms with Crippen LogP contribution in [0.3, 0.4) is 0 Å². The Bertz CT molecular complexity index is 705. The van der Waals surface area contributed by atoms with Gasteiger partial charge in [0.1, 0.15) is 0 Å². The predicted octanol–water partition coefficient (Wildman–Crippen LogP) is 5.92. The van der Waals surface area contributed by atoms with Crippen LogP contribution in [0.2, 0.25) is 0 Å². The molecule has 0 aromatic heterocycles. The summed E-state index contributed by atoms with van der Waals surface area (Å²) in [5, 5.41) is 3.24. The number of benzene rings is 2. The monoisotopic (exact) mass is 352 g/mol. The summed E-state index contributed by atoms with van der Waals surface area (Å²) in [5.41, 5.74) is 8.00. The van der Waals surface area contributed by atoms with Crippen molar-refractivity contribution in [2.45, 2.75) is 47.0 Å². The molecule has 0 heterocycles. The lowest BCUT2D eigenvalue weighted by Crippen LogP contribution is -2.26. The number of unbranched alkanes of at least 4 members (excludes halogenated alkanes) is 1. The highest BCUT2D eigenvalue weighted by Gasteiger charge is 2.11. The van der Waals surface area contributed by atoms with E-state index in [-0.39, 0.29) is 0 Å². The summed E-state index contributed by atoms with van der Waals surface area (Å²) in [6, 6.07) is 13.5. The first-order valence-electron chi connectivity index (χ1n) is 10.0. The van der Waals surface area contributed by atoms with Crippen LogP contribution in [-0.2, 0) is 6.42 Å². The topological polar surface area (TPSA) is 15.3 Å². The summed E-state index contributed by atoms with van der Waals surface area (Å²) < 4.78 is 0. The van der Waals surface area contributed by atoms with E-state index in [4.69, 9.17) is 0 Å². The molecule has 0 radical (unpaired) electrons. The SMILES string of the molecule is CCCCN(C)CC(C)Cc1ccc(-c2cc(NC)ccc2C)cc1C. The van der Waals surface area contributed by atoms with Gasteiger partial charge in [0.2, 0.25) is 0 Å². The van der Waals surface area contributed by atoms with Crippen molar-refractivity contribution in [3.05, 3.63) is 53.1 Å². The lowest BCUT2D eigenvalue weighted by molar-refractivity contribution is 0.281. The normalized spacial score (nSPS) is 12.4. The molecule has 2 aromatic rings. The van der Waals surface area contributed by atoms with Gasteiger partial charge >= 0.3 is 0 Å². The summed E-state index contributed by atoms with van der Waals surface area (Å²) in [4.78, 5) is 2.48. The van der Waals surface area contributed by atoms with E-state index in [1.807, 2.05) is 7.05 Å². The van der Waals surface area contributed by atoms with Gasteiger partial charge in [0.15, 0.2) is 0 Å². The Morgan fingerprint density at radius 2 is 1.81 bits per heavy atom. The highest BCUT2D eigenvalue weighted by molar-refractivity contribution is 5.72. The van der Waals surface area contributed by atoms with Crippen molar-refractivity contribution >= 4 is 5.69 Å². The molecular weight excluding hydrogens is 316 g/mol. The number of nitrogens with one attached hydrogen (secondary N) is 1. The minimum Gasteiger partial charge on any atom is -0.388 e. The Hall–Kier alpha value is -1.80. The number of nitrogens with zero attached hydrogens (tertiary/aromatic N) is 1. The molecule has 2 aromatic carbocycles. The number of aryl methyl sites for hydroxylation is 2. The fourth-order valence-corrected chi connectivity index (χ4v) is 3.67. The van der Waals surface area contributed by atoms with Gasteiger partial charge in [0, 0.05) is 19.3 Å². The molecule has 0 saturated carbocycles. The van der Waals surface area contributed by atoms with E-state index >= 15 is 0 Å². The van der Waals surface area contributed by atoms with Gasteiger partial charge < -0.3 is 10.2 Å². The van der Waals surface area contributed by atoms with Crippen LogP contribution in [0.4, 0.5) is 5.69 Å². The second-order valence-electron chi connectivity index (χ2n) is 7.85. The smallest absolute Gasteiger partial charge is 0.0343 e. The van der Waals surface area contributed by atoms with Crippen molar-refractivity contribution in [2.24, 2.45) is 5.92 Å². The van der Waals surface area contributed by atoms with Gasteiger partial charge in [0.25, 0.3) is 0 Å². The highest BCUT2D eigenvalue weighted by Crippen LogP contribution is 2.29. The number of hydrogen-bond acceptors (Lipinski definition) is 2. The summed E-state index contributed by atoms with van der Waals surface area (Å²) in [7, 11) is 4.22. The molecule has 2 rings (SSSR count). The maximum Gasteiger partial charge on any atom is 0.0343 e. The molecule has 0 bridgehead atoms. The maximum atomic E-state index is 3.24. The number of hydrogen-bond donors (Lipinski definition) is 1. The van der Waals surface area contributed by atoms with Gasteiger partial charge in [-0.15, -0.1) is 0 Å². The van der Waals surface area contributed by atoms with Gasteiger partial charge in [-0.05, 0) is 86.1 Å². The average molecular weight is 353 g/mol. The van der Waals surface area contributed by atoms with Crippen molar-refractivity contribution in [1.82, 2.24) is 4.90 Å². The molecule has 0 aliphatic carbocycles. The van der Waals surface area contributed by atoms with E-state index in [0.717, 1.165) is 12.1 Å². The van der Waals surface area contributed by atoms with Crippen LogP contribution in [0.1, 0.15) is 43.4 Å². The Morgan fingerprint density at radius 3 is 2.46 bits per heavy atom. The Balaban J connectivity index is 2.10. The van der Waals surface area contributed by atoms with Crippen molar-refractivity contribution in [3.8, 4) is 11.1 Å². The van der Waals surface area contributed by atoms with Crippen LogP contribution >= 0.6 is 0 Å². The number of anilines is 1. The van der Waals surface area contributed by atoms with Crippen molar-refractivity contribution in [3.63, 3.8) is 0 Å². The van der Waals surface area contributed by atoms with Crippen molar-refractivity contribution in [2.75, 3.05) is 32.5 Å². The first-order valence-corrected chi connectivity index (χ1v) is 10.0. The molecule has 0 amide bonds. The van der Waals surface area contributed by atoms with E-state index in [9.17, 15) is 0 Å². The van der Waals surface area contributed by atoms with Gasteiger partial charge in [-0.25, -0.2) is 0 Å². The van der Waals surface area contributed by atoms with Crippen molar-refractivity contribution < 1.29 is 0 Å². The van der Waals surface area contributed by atoms with E-state index in [1.165, 1.54) is 53.7 Å². The molecule has 1 atom stereocenters. The Kier molecular flexibility index (Phi) is 7.71. The zero-order chi connectivity index (χ0) is 19.1. The lowest BCUT2D eigenvalue weighted by Gasteiger charge is -2.22. The van der Waals surface area contributed by atoms with Gasteiger partial charge in [0.05, 0.1) is 0 Å². The van der Waals surface area contributed by atoms with E-state index in [1.54, 1.807) is 0 Å². The first-order chi connectivity index (χ1) is 12.4. The molecule has 0 saturated heterocycles. The molecular formula is C24H36N2. The quantitative estimate of drug-likeness (QED) is 0.602. The van der Waals surface area contributed by atoms with Crippen LogP contribution in [0.25, 0.3) is 11.1 Å². The largest absolute Gasteiger partial charge is 0.388 e. The molecule has 0 aliphatic heterocycles. The second kappa shape index (κ2) is 9.78. The standard InChI is InChI=1S/C24H36N2/c1-7-8-13-26(6)17-18(2)14-21-10-11-22(15-20(21)4)24-16-23(25-5)12-9-19(24)3/h9-12,15-16,18,25H,7-8,13-14,17H2,1-6H3. The van der Waals surface area contributed by atoms with E-state index in [0.29, 0.717) is 5.92 Å². The molecule has 1 unspecified atom stereocenters. The second-order valence-corrected chi connectivity index (χ2v) is 7.85. The Labute approximate surface area is 160 Å². The molecule has 1 N–H and O–H groups in total. The van der Waals surface area contributed by atoms with Crippen LogP contribution in [0, 0.1) is 19.8 Å². The average Bonchev–Trinajstić information content (AvgIpc) is 2.62. The zero-order valence-corrected chi connectivity index (χ0v) is 17.5. The summed E-state index contributed by atoms with van der Waals surface area (Å²) in [6.07, 6.45) is 3.72. The third-order valence-corrected chi connectivity index (χ3v) is 5.26. The first kappa shape index (κ1) is 20.5. The molecule has 2 heteroatoms. The highest BCUT2D eigenvalue weighted by atomic mass is 15.1. The molecule has 142 valence electrons. The fraction of sp³-hybridized carbons (Fsp3) is 0.500. The maximum absolute atomic E-state index is 3.24. The van der Waals surface area contributed by atoms with Crippen LogP contribution < -0.4 is 5.32 Å². The lowest BCUT2D eigenvalue weighted by atomic mass is 9.92. The van der Waals surface area contributed by atoms with Crippen LogP contribution in [0.15, 0.2) is 36.4 Å². The molecule has 0 aliphatic rings. The summed E-state index contributed by atoms with van der Waals surface area (Å²) in [6.45, 7) is 11.5. The zero-order valence-electron chi connectivity index (χ0n) is 17.5. The molecule has 0 spiro atoms. The van der Waals surface area contributed by atoms with E-state index in [2.05, 4.69) is 81.4 Å². The molecule has 26 heavy (non-hydrogen) atoms. The molecule has 0 fully saturated rings. The van der Waals surface area contributed by atoms with Crippen LogP contribution in [0.5, 0.6) is 0 Å². The third kappa shape index (κ3) is 5.60. The fourth-order valence-electron chi connectivity index (χ4n) is 3.67. The minimum atomic E-state index is 0.677. The van der Waals surface area contributed by atoms with Crippen LogP contribution in [-0.4, -0.2) is 32.1 Å². The number of rotatable bonds is 9. The van der Waals surface area contributed by atoms with Gasteiger partial charge in [-0.3, -0.25) is 0 Å². The summed E-state index contributed by atoms with van der Waals surface area (Å²) in [5.74, 6) is 0.677. The Morgan fingerprint density at radius 1 is 1.04 bits per heavy atom. The van der Waals surface area contributed by atoms with Gasteiger partial charge in [-0.1, -0.05) is 44.5 Å². The van der Waals surface area contributed by atoms with Crippen molar-refractivity contribution in [1.29, 1.82) is 0 Å². The summed E-state index contributed by atoms with van der Waals surface area (Å²) >= 11 is 0. The molecule has 2 nitrogen and oxygen atoms in total. The van der Waals surface area contributed by atoms with E-state index < -0.39 is 0 Å². The third-order valence-electron chi connectivity index (χ3n) is 5.26. The predicted molar refractivity (Wildman–Crippen MR) is 116 cm³/mol.